The van der Waals surface area contributed by atoms with Gasteiger partial charge in [-0.15, -0.1) is 0 Å². The maximum absolute atomic E-state index is 5.03. The van der Waals surface area contributed by atoms with Gasteiger partial charge in [0.1, 0.15) is 0 Å². The van der Waals surface area contributed by atoms with Crippen LogP contribution in [0.25, 0.3) is 0 Å². The van der Waals surface area contributed by atoms with Gasteiger partial charge in [0, 0.05) is 32.2 Å². The van der Waals surface area contributed by atoms with Crippen LogP contribution in [0.2, 0.25) is 0 Å². The molecular weight excluding hydrogens is 204 g/mol. The largest absolute Gasteiger partial charge is 0.383 e. The molecule has 0 atom stereocenters. The quantitative estimate of drug-likeness (QED) is 0.829. The lowest BCUT2D eigenvalue weighted by Crippen LogP contribution is -2.07. The lowest BCUT2D eigenvalue weighted by Gasteiger charge is -2.08. The van der Waals surface area contributed by atoms with Gasteiger partial charge in [-0.25, -0.2) is 4.98 Å². The molecule has 0 radical (unpaired) electrons. The Balaban J connectivity index is 2.07. The van der Waals surface area contributed by atoms with Gasteiger partial charge in [-0.05, 0) is 12.1 Å². The summed E-state index contributed by atoms with van der Waals surface area (Å²) in [5.41, 5.74) is 0.923. The molecule has 0 fully saturated rings. The van der Waals surface area contributed by atoms with E-state index in [4.69, 9.17) is 4.74 Å². The van der Waals surface area contributed by atoms with Crippen molar-refractivity contribution in [2.75, 3.05) is 19.0 Å². The first kappa shape index (κ1) is 10.6. The molecule has 0 bridgehead atoms. The Kier molecular flexibility index (Phi) is 3.50. The molecule has 0 saturated heterocycles. The van der Waals surface area contributed by atoms with Crippen LogP contribution in [0.3, 0.4) is 0 Å². The van der Waals surface area contributed by atoms with E-state index in [2.05, 4.69) is 15.3 Å². The molecule has 16 heavy (non-hydrogen) atoms. The molecule has 0 amide bonds. The van der Waals surface area contributed by atoms with Crippen molar-refractivity contribution in [1.82, 2.24) is 14.5 Å². The highest BCUT2D eigenvalue weighted by atomic mass is 16.5. The maximum Gasteiger partial charge on any atom is 0.207 e. The van der Waals surface area contributed by atoms with E-state index in [0.717, 1.165) is 18.2 Å². The molecule has 0 unspecified atom stereocenters. The summed E-state index contributed by atoms with van der Waals surface area (Å²) < 4.78 is 7.03. The second-order valence-corrected chi connectivity index (χ2v) is 3.30. The predicted octanol–water partition coefficient (Wildman–Crippen LogP) is 1.67. The molecule has 84 valence electrons. The van der Waals surface area contributed by atoms with E-state index in [1.54, 1.807) is 25.7 Å². The first-order valence-corrected chi connectivity index (χ1v) is 5.07. The summed E-state index contributed by atoms with van der Waals surface area (Å²) in [7, 11) is 1.69. The SMILES string of the molecule is COCCn1ccnc1Nc1cccnc1. The molecule has 0 aliphatic rings. The molecule has 5 nitrogen and oxygen atoms in total. The van der Waals surface area contributed by atoms with Crippen molar-refractivity contribution in [2.24, 2.45) is 0 Å². The van der Waals surface area contributed by atoms with E-state index in [9.17, 15) is 0 Å². The zero-order valence-electron chi connectivity index (χ0n) is 9.13. The molecule has 5 heteroatoms. The Bertz CT molecular complexity index is 427. The van der Waals surface area contributed by atoms with E-state index in [0.29, 0.717) is 6.61 Å². The number of ether oxygens (including phenoxy) is 1. The molecule has 2 aromatic heterocycles. The summed E-state index contributed by atoms with van der Waals surface area (Å²) in [6.07, 6.45) is 7.17. The van der Waals surface area contributed by atoms with Crippen LogP contribution in [-0.2, 0) is 11.3 Å². The lowest BCUT2D eigenvalue weighted by atomic mass is 10.4. The van der Waals surface area contributed by atoms with Crippen LogP contribution in [0.4, 0.5) is 11.6 Å². The highest BCUT2D eigenvalue weighted by Crippen LogP contribution is 2.12. The van der Waals surface area contributed by atoms with E-state index < -0.39 is 0 Å². The van der Waals surface area contributed by atoms with Gasteiger partial charge in [-0.3, -0.25) is 4.98 Å². The Morgan fingerprint density at radius 3 is 3.12 bits per heavy atom. The third-order valence-electron chi connectivity index (χ3n) is 2.17. The van der Waals surface area contributed by atoms with Gasteiger partial charge in [0.2, 0.25) is 5.95 Å². The van der Waals surface area contributed by atoms with Crippen LogP contribution in [0.1, 0.15) is 0 Å². The average molecular weight is 218 g/mol. The molecular formula is C11H14N4O. The van der Waals surface area contributed by atoms with Gasteiger partial charge in [-0.1, -0.05) is 0 Å². The number of nitrogens with zero attached hydrogens (tertiary/aromatic N) is 3. The Morgan fingerprint density at radius 2 is 2.38 bits per heavy atom. The minimum Gasteiger partial charge on any atom is -0.383 e. The van der Waals surface area contributed by atoms with E-state index in [1.807, 2.05) is 22.9 Å². The average Bonchev–Trinajstić information content (AvgIpc) is 2.75. The zero-order valence-corrected chi connectivity index (χ0v) is 9.13. The van der Waals surface area contributed by atoms with Crippen molar-refractivity contribution in [2.45, 2.75) is 6.54 Å². The number of rotatable bonds is 5. The van der Waals surface area contributed by atoms with Gasteiger partial charge < -0.3 is 14.6 Å². The fraction of sp³-hybridized carbons (Fsp3) is 0.273. The van der Waals surface area contributed by atoms with Crippen molar-refractivity contribution in [3.63, 3.8) is 0 Å². The lowest BCUT2D eigenvalue weighted by molar-refractivity contribution is 0.188. The maximum atomic E-state index is 5.03. The van der Waals surface area contributed by atoms with Gasteiger partial charge in [0.05, 0.1) is 18.5 Å². The minimum absolute atomic E-state index is 0.665. The minimum atomic E-state index is 0.665. The molecule has 2 aromatic rings. The predicted molar refractivity (Wildman–Crippen MR) is 61.6 cm³/mol. The molecule has 2 heterocycles. The van der Waals surface area contributed by atoms with Crippen LogP contribution < -0.4 is 5.32 Å². The molecule has 0 aliphatic heterocycles. The second-order valence-electron chi connectivity index (χ2n) is 3.30. The standard InChI is InChI=1S/C11H14N4O/c1-16-8-7-15-6-5-13-11(15)14-10-3-2-4-12-9-10/h2-6,9H,7-8H2,1H3,(H,13,14). The molecule has 1 N–H and O–H groups in total. The molecule has 0 aliphatic carbocycles. The third kappa shape index (κ3) is 2.58. The molecule has 0 aromatic carbocycles. The zero-order chi connectivity index (χ0) is 11.2. The van der Waals surface area contributed by atoms with Crippen molar-refractivity contribution >= 4 is 11.6 Å². The number of hydrogen-bond acceptors (Lipinski definition) is 4. The summed E-state index contributed by atoms with van der Waals surface area (Å²) >= 11 is 0. The van der Waals surface area contributed by atoms with Crippen LogP contribution in [0.5, 0.6) is 0 Å². The van der Waals surface area contributed by atoms with Crippen molar-refractivity contribution in [3.8, 4) is 0 Å². The fourth-order valence-corrected chi connectivity index (χ4v) is 1.37. The summed E-state index contributed by atoms with van der Waals surface area (Å²) in [5.74, 6) is 0.796. The number of pyridine rings is 1. The van der Waals surface area contributed by atoms with E-state index in [-0.39, 0.29) is 0 Å². The third-order valence-corrected chi connectivity index (χ3v) is 2.17. The first-order valence-electron chi connectivity index (χ1n) is 5.07. The second kappa shape index (κ2) is 5.27. The van der Waals surface area contributed by atoms with Gasteiger partial charge >= 0.3 is 0 Å². The van der Waals surface area contributed by atoms with Gasteiger partial charge in [-0.2, -0.15) is 0 Å². The van der Waals surface area contributed by atoms with E-state index >= 15 is 0 Å². The van der Waals surface area contributed by atoms with Crippen molar-refractivity contribution in [3.05, 3.63) is 36.9 Å². The normalized spacial score (nSPS) is 10.3. The monoisotopic (exact) mass is 218 g/mol. The fourth-order valence-electron chi connectivity index (χ4n) is 1.37. The first-order chi connectivity index (χ1) is 7.90. The van der Waals surface area contributed by atoms with Gasteiger partial charge in [0.25, 0.3) is 0 Å². The number of aromatic nitrogens is 3. The smallest absolute Gasteiger partial charge is 0.207 e. The number of nitrogens with one attached hydrogen (secondary N) is 1. The summed E-state index contributed by atoms with van der Waals surface area (Å²) in [6.45, 7) is 1.44. The van der Waals surface area contributed by atoms with Crippen LogP contribution in [0.15, 0.2) is 36.9 Å². The van der Waals surface area contributed by atoms with Crippen LogP contribution in [-0.4, -0.2) is 28.3 Å². The molecule has 2 rings (SSSR count). The Morgan fingerprint density at radius 1 is 1.44 bits per heavy atom. The Labute approximate surface area is 94.1 Å². The highest BCUT2D eigenvalue weighted by molar-refractivity contribution is 5.51. The Hall–Kier alpha value is -1.88. The van der Waals surface area contributed by atoms with Crippen molar-refractivity contribution < 1.29 is 4.74 Å². The van der Waals surface area contributed by atoms with Crippen LogP contribution in [0, 0.1) is 0 Å². The highest BCUT2D eigenvalue weighted by Gasteiger charge is 2.02. The number of methoxy groups -OCH3 is 1. The number of imidazole rings is 1. The van der Waals surface area contributed by atoms with Gasteiger partial charge in [0.15, 0.2) is 0 Å². The number of hydrogen-bond donors (Lipinski definition) is 1. The number of anilines is 2. The summed E-state index contributed by atoms with van der Waals surface area (Å²) in [4.78, 5) is 8.27. The van der Waals surface area contributed by atoms with Crippen molar-refractivity contribution in [1.29, 1.82) is 0 Å². The molecule has 0 spiro atoms. The summed E-state index contributed by atoms with van der Waals surface area (Å²) in [6, 6.07) is 3.83. The van der Waals surface area contributed by atoms with Crippen LogP contribution >= 0.6 is 0 Å². The molecule has 0 saturated carbocycles. The summed E-state index contributed by atoms with van der Waals surface area (Å²) in [5, 5.41) is 3.20. The van der Waals surface area contributed by atoms with E-state index in [1.165, 1.54) is 0 Å². The topological polar surface area (TPSA) is 52.0 Å².